The molecule has 6 nitrogen and oxygen atoms in total. The largest absolute Gasteiger partial charge is 0.462 e. The van der Waals surface area contributed by atoms with Crippen molar-refractivity contribution < 1.29 is 37.0 Å². The highest BCUT2D eigenvalue weighted by molar-refractivity contribution is 6.44. The van der Waals surface area contributed by atoms with Crippen LogP contribution in [0.25, 0.3) is 0 Å². The van der Waals surface area contributed by atoms with Gasteiger partial charge in [-0.15, -0.1) is 0 Å². The summed E-state index contributed by atoms with van der Waals surface area (Å²) in [5, 5.41) is 0. The number of methoxy groups -OCH3 is 1. The molecule has 1 aliphatic carbocycles. The Labute approximate surface area is 155 Å². The number of carbonyl (C=O) groups excluding carboxylic acids is 3. The van der Waals surface area contributed by atoms with Crippen LogP contribution in [0.1, 0.15) is 33.6 Å². The van der Waals surface area contributed by atoms with Crippen molar-refractivity contribution in [2.24, 2.45) is 10.9 Å². The summed E-state index contributed by atoms with van der Waals surface area (Å²) in [5.41, 5.74) is -0.819. The lowest BCUT2D eigenvalue weighted by molar-refractivity contribution is -0.138. The van der Waals surface area contributed by atoms with Crippen LogP contribution in [0.4, 0.5) is 13.2 Å². The number of amides is 1. The number of aliphatic imine (C=N–C) groups is 1. The van der Waals surface area contributed by atoms with Crippen LogP contribution in [-0.4, -0.2) is 49.9 Å². The fraction of sp³-hybridized carbons (Fsp3) is 0.556. The zero-order chi connectivity index (χ0) is 20.8. The number of carbonyl (C=O) groups is 3. The maximum absolute atomic E-state index is 12.6. The topological polar surface area (TPSA) is 82.0 Å². The minimum absolute atomic E-state index is 0.0760. The Balaban J connectivity index is 3.33. The average Bonchev–Trinajstić information content (AvgIpc) is 2.73. The Kier molecular flexibility index (Phi) is 8.08. The van der Waals surface area contributed by atoms with Crippen molar-refractivity contribution in [2.45, 2.75) is 39.8 Å². The van der Waals surface area contributed by atoms with E-state index < -0.39 is 35.5 Å². The van der Waals surface area contributed by atoms with Crippen LogP contribution < -0.4 is 0 Å². The van der Waals surface area contributed by atoms with Crippen molar-refractivity contribution in [3.63, 3.8) is 0 Å². The first kappa shape index (κ1) is 22.8. The lowest BCUT2D eigenvalue weighted by atomic mass is 9.93. The van der Waals surface area contributed by atoms with E-state index in [9.17, 15) is 27.6 Å². The van der Waals surface area contributed by atoms with E-state index in [1.165, 1.54) is 13.2 Å². The van der Waals surface area contributed by atoms with Crippen molar-refractivity contribution in [1.29, 1.82) is 0 Å². The van der Waals surface area contributed by atoms with Crippen LogP contribution >= 0.6 is 0 Å². The van der Waals surface area contributed by atoms with E-state index >= 15 is 0 Å². The van der Waals surface area contributed by atoms with E-state index in [0.29, 0.717) is 25.3 Å². The second kappa shape index (κ2) is 9.59. The van der Waals surface area contributed by atoms with Gasteiger partial charge in [-0.25, -0.2) is 9.79 Å². The summed E-state index contributed by atoms with van der Waals surface area (Å²) in [6.07, 6.45) is -2.77. The van der Waals surface area contributed by atoms with Crippen LogP contribution in [0.5, 0.6) is 0 Å². The van der Waals surface area contributed by atoms with Gasteiger partial charge in [0.1, 0.15) is 5.71 Å². The monoisotopic (exact) mass is 389 g/mol. The summed E-state index contributed by atoms with van der Waals surface area (Å²) in [7, 11) is 1.44. The number of Topliss-reactive ketones (excluding diaryl/α,β-unsaturated/α-hetero) is 1. The fourth-order valence-corrected chi connectivity index (χ4v) is 2.50. The molecule has 0 N–H and O–H groups in total. The Morgan fingerprint density at radius 1 is 1.30 bits per heavy atom. The Morgan fingerprint density at radius 3 is 2.44 bits per heavy atom. The van der Waals surface area contributed by atoms with E-state index in [0.717, 1.165) is 0 Å². The molecule has 0 aromatic rings. The quantitative estimate of drug-likeness (QED) is 0.396. The molecule has 9 heteroatoms. The van der Waals surface area contributed by atoms with E-state index in [1.807, 2.05) is 0 Å². The third-order valence-corrected chi connectivity index (χ3v) is 4.04. The first-order valence-corrected chi connectivity index (χ1v) is 8.33. The van der Waals surface area contributed by atoms with Crippen molar-refractivity contribution in [1.82, 2.24) is 0 Å². The number of rotatable bonds is 6. The molecule has 1 rings (SSSR count). The minimum atomic E-state index is -4.80. The molecule has 1 aliphatic rings. The Morgan fingerprint density at radius 2 is 1.93 bits per heavy atom. The molecule has 0 heterocycles. The maximum atomic E-state index is 12.6. The summed E-state index contributed by atoms with van der Waals surface area (Å²) < 4.78 is 47.7. The molecule has 1 atom stereocenters. The first-order valence-electron chi connectivity index (χ1n) is 8.33. The van der Waals surface area contributed by atoms with Crippen LogP contribution in [0.2, 0.25) is 0 Å². The van der Waals surface area contributed by atoms with E-state index in [4.69, 9.17) is 9.47 Å². The second-order valence-corrected chi connectivity index (χ2v) is 6.04. The molecule has 0 radical (unpaired) electrons. The summed E-state index contributed by atoms with van der Waals surface area (Å²) in [4.78, 5) is 39.4. The molecule has 0 fully saturated rings. The smallest absolute Gasteiger partial charge is 0.429 e. The van der Waals surface area contributed by atoms with Crippen LogP contribution in [-0.2, 0) is 23.9 Å². The van der Waals surface area contributed by atoms with Gasteiger partial charge in [-0.1, -0.05) is 6.92 Å². The van der Waals surface area contributed by atoms with E-state index in [1.54, 1.807) is 13.8 Å². The molecule has 27 heavy (non-hydrogen) atoms. The van der Waals surface area contributed by atoms with Gasteiger partial charge in [-0.2, -0.15) is 13.2 Å². The first-order chi connectivity index (χ1) is 12.5. The average molecular weight is 389 g/mol. The molecule has 0 aromatic heterocycles. The predicted molar refractivity (Wildman–Crippen MR) is 91.2 cm³/mol. The van der Waals surface area contributed by atoms with Crippen molar-refractivity contribution >= 4 is 23.4 Å². The van der Waals surface area contributed by atoms with Gasteiger partial charge < -0.3 is 9.47 Å². The number of esters is 1. The number of ether oxygens (including phenoxy) is 2. The zero-order valence-corrected chi connectivity index (χ0v) is 15.6. The Hall–Kier alpha value is -2.29. The third kappa shape index (κ3) is 6.13. The molecule has 0 aromatic carbocycles. The highest BCUT2D eigenvalue weighted by Crippen LogP contribution is 2.29. The standard InChI is InChI=1S/C18H22F3NO5/c1-5-27-17(25)14-8-13(10(2)6-7-12(14)9-26-4)15(23)16(24)22-11(3)18(19,20)21/h8,10H,5-7,9H2,1-4H3/b22-11-. The molecular formula is C18H22F3NO5. The molecule has 0 saturated carbocycles. The van der Waals surface area contributed by atoms with Gasteiger partial charge in [-0.05, 0) is 44.3 Å². The van der Waals surface area contributed by atoms with Crippen molar-refractivity contribution in [3.05, 3.63) is 22.8 Å². The van der Waals surface area contributed by atoms with Gasteiger partial charge in [0.25, 0.3) is 0 Å². The normalized spacial score (nSPS) is 18.7. The van der Waals surface area contributed by atoms with Crippen molar-refractivity contribution in [3.8, 4) is 0 Å². The molecule has 0 aliphatic heterocycles. The number of hydrogen-bond acceptors (Lipinski definition) is 5. The summed E-state index contributed by atoms with van der Waals surface area (Å²) in [6, 6.07) is 0. The molecule has 1 unspecified atom stereocenters. The number of ketones is 1. The van der Waals surface area contributed by atoms with Crippen molar-refractivity contribution in [2.75, 3.05) is 20.3 Å². The Bertz CT molecular complexity index is 704. The van der Waals surface area contributed by atoms with Gasteiger partial charge in [-0.3, -0.25) is 9.59 Å². The molecule has 150 valence electrons. The van der Waals surface area contributed by atoms with Gasteiger partial charge in [0.15, 0.2) is 0 Å². The fourth-order valence-electron chi connectivity index (χ4n) is 2.50. The number of alkyl halides is 3. The summed E-state index contributed by atoms with van der Waals surface area (Å²) in [5.74, 6) is -3.85. The van der Waals surface area contributed by atoms with E-state index in [2.05, 4.69) is 4.99 Å². The zero-order valence-electron chi connectivity index (χ0n) is 15.6. The lowest BCUT2D eigenvalue weighted by Crippen LogP contribution is -2.25. The number of nitrogens with zero attached hydrogens (tertiary/aromatic N) is 1. The highest BCUT2D eigenvalue weighted by Gasteiger charge is 2.34. The third-order valence-electron chi connectivity index (χ3n) is 4.04. The second-order valence-electron chi connectivity index (χ2n) is 6.04. The summed E-state index contributed by atoms with van der Waals surface area (Å²) in [6.45, 7) is 4.09. The number of hydrogen-bond donors (Lipinski definition) is 0. The van der Waals surface area contributed by atoms with Crippen LogP contribution in [0, 0.1) is 5.92 Å². The maximum Gasteiger partial charge on any atom is 0.429 e. The lowest BCUT2D eigenvalue weighted by Gasteiger charge is -2.12. The van der Waals surface area contributed by atoms with Crippen LogP contribution in [0.3, 0.4) is 0 Å². The van der Waals surface area contributed by atoms with Gasteiger partial charge in [0.2, 0.25) is 5.78 Å². The molecule has 0 spiro atoms. The molecule has 1 amide bonds. The van der Waals surface area contributed by atoms with E-state index in [-0.39, 0.29) is 24.4 Å². The number of halogens is 3. The highest BCUT2D eigenvalue weighted by atomic mass is 19.4. The van der Waals surface area contributed by atoms with Crippen LogP contribution in [0.15, 0.2) is 27.8 Å². The molecular weight excluding hydrogens is 367 g/mol. The predicted octanol–water partition coefficient (Wildman–Crippen LogP) is 2.97. The van der Waals surface area contributed by atoms with Gasteiger partial charge in [0, 0.05) is 12.7 Å². The molecule has 0 saturated heterocycles. The minimum Gasteiger partial charge on any atom is -0.462 e. The molecule has 0 bridgehead atoms. The summed E-state index contributed by atoms with van der Waals surface area (Å²) >= 11 is 0. The van der Waals surface area contributed by atoms with Gasteiger partial charge in [0.05, 0.1) is 18.8 Å². The van der Waals surface area contributed by atoms with Gasteiger partial charge >= 0.3 is 18.1 Å². The SMILES string of the molecule is CCOC(=O)C1=C(COC)CCC(C)C(C(=O)C(=O)/N=C(/C)C(F)(F)F)=C1.